The van der Waals surface area contributed by atoms with Crippen molar-refractivity contribution in [3.8, 4) is 0 Å². The second kappa shape index (κ2) is 9.57. The molecule has 1 atom stereocenters. The predicted octanol–water partition coefficient (Wildman–Crippen LogP) is 3.05. The van der Waals surface area contributed by atoms with Crippen LogP contribution in [0.3, 0.4) is 0 Å². The molecule has 1 amide bonds. The van der Waals surface area contributed by atoms with Crippen molar-refractivity contribution in [3.05, 3.63) is 71.5 Å². The van der Waals surface area contributed by atoms with E-state index in [4.69, 9.17) is 4.74 Å². The molecule has 0 radical (unpaired) electrons. The smallest absolute Gasteiger partial charge is 0.328 e. The van der Waals surface area contributed by atoms with Gasteiger partial charge in [-0.15, -0.1) is 0 Å². The number of carbonyl (C=O) groups is 2. The molecule has 2 rings (SSSR count). The predicted molar refractivity (Wildman–Crippen MR) is 93.4 cm³/mol. The highest BCUT2D eigenvalue weighted by Crippen LogP contribution is 2.09. The van der Waals surface area contributed by atoms with Crippen LogP contribution in [0.5, 0.6) is 0 Å². The number of hydrogen-bond acceptors (Lipinski definition) is 3. The van der Waals surface area contributed by atoms with E-state index in [1.54, 1.807) is 12.1 Å². The molecule has 0 fully saturated rings. The summed E-state index contributed by atoms with van der Waals surface area (Å²) < 4.78 is 18.0. The zero-order valence-corrected chi connectivity index (χ0v) is 14.2. The summed E-state index contributed by atoms with van der Waals surface area (Å²) in [6.45, 7) is 0. The number of halogens is 1. The third-order valence-corrected chi connectivity index (χ3v) is 3.88. The van der Waals surface area contributed by atoms with Crippen LogP contribution in [0.15, 0.2) is 54.6 Å². The molecule has 5 heteroatoms. The summed E-state index contributed by atoms with van der Waals surface area (Å²) in [5.74, 6) is -1.20. The van der Waals surface area contributed by atoms with E-state index in [0.717, 1.165) is 12.8 Å². The molecule has 2 aromatic rings. The minimum atomic E-state index is -0.699. The summed E-state index contributed by atoms with van der Waals surface area (Å²) in [6, 6.07) is 15.1. The fourth-order valence-corrected chi connectivity index (χ4v) is 2.62. The lowest BCUT2D eigenvalue weighted by atomic mass is 10.0. The number of hydrogen-bond donors (Lipinski definition) is 1. The van der Waals surface area contributed by atoms with Crippen LogP contribution in [0.25, 0.3) is 0 Å². The van der Waals surface area contributed by atoms with Gasteiger partial charge in [0, 0.05) is 0 Å². The van der Waals surface area contributed by atoms with E-state index in [0.29, 0.717) is 12.0 Å². The summed E-state index contributed by atoms with van der Waals surface area (Å²) in [5, 5.41) is 2.69. The zero-order valence-electron chi connectivity index (χ0n) is 14.2. The fraction of sp³-hybridized carbons (Fsp3) is 0.300. The number of rotatable bonds is 8. The Bertz CT molecular complexity index is 703. The first-order valence-electron chi connectivity index (χ1n) is 8.24. The van der Waals surface area contributed by atoms with Gasteiger partial charge in [0.25, 0.3) is 0 Å². The topological polar surface area (TPSA) is 55.4 Å². The van der Waals surface area contributed by atoms with Gasteiger partial charge in [0.1, 0.15) is 11.9 Å². The first-order chi connectivity index (χ1) is 12.1. The molecule has 2 aromatic carbocycles. The van der Waals surface area contributed by atoms with E-state index in [-0.39, 0.29) is 12.3 Å². The third kappa shape index (κ3) is 6.37. The van der Waals surface area contributed by atoms with E-state index >= 15 is 0 Å². The van der Waals surface area contributed by atoms with Crippen LogP contribution in [0, 0.1) is 5.82 Å². The molecule has 0 bridgehead atoms. The van der Waals surface area contributed by atoms with Crippen molar-refractivity contribution in [3.63, 3.8) is 0 Å². The zero-order chi connectivity index (χ0) is 18.1. The summed E-state index contributed by atoms with van der Waals surface area (Å²) in [7, 11) is 1.30. The van der Waals surface area contributed by atoms with Crippen LogP contribution in [0.2, 0.25) is 0 Å². The number of amides is 1. The highest BCUT2D eigenvalue weighted by atomic mass is 19.1. The molecular weight excluding hydrogens is 321 g/mol. The maximum atomic E-state index is 13.2. The van der Waals surface area contributed by atoms with Gasteiger partial charge < -0.3 is 10.1 Å². The summed E-state index contributed by atoms with van der Waals surface area (Å²) in [4.78, 5) is 24.0. The van der Waals surface area contributed by atoms with Gasteiger partial charge in [0.2, 0.25) is 5.91 Å². The highest BCUT2D eigenvalue weighted by Gasteiger charge is 2.21. The largest absolute Gasteiger partial charge is 0.467 e. The molecule has 0 saturated carbocycles. The van der Waals surface area contributed by atoms with Crippen LogP contribution in [0.1, 0.15) is 24.0 Å². The molecular formula is C20H22FNO3. The number of carbonyl (C=O) groups excluding carboxylic acids is 2. The summed E-state index contributed by atoms with van der Waals surface area (Å²) in [5.41, 5.74) is 1.74. The molecule has 132 valence electrons. The second-order valence-electron chi connectivity index (χ2n) is 5.83. The van der Waals surface area contributed by atoms with E-state index in [1.165, 1.54) is 24.8 Å². The van der Waals surface area contributed by atoms with Crippen molar-refractivity contribution in [1.29, 1.82) is 0 Å². The lowest BCUT2D eigenvalue weighted by Gasteiger charge is -2.16. The van der Waals surface area contributed by atoms with Gasteiger partial charge in [0.05, 0.1) is 13.5 Å². The minimum absolute atomic E-state index is 0.0178. The number of aryl methyl sites for hydroxylation is 1. The SMILES string of the molecule is COC(=O)[C@H](CCCc1ccccc1)NC(=O)Cc1cccc(F)c1. The van der Waals surface area contributed by atoms with Crippen molar-refractivity contribution in [2.24, 2.45) is 0 Å². The van der Waals surface area contributed by atoms with Gasteiger partial charge >= 0.3 is 5.97 Å². The Labute approximate surface area is 147 Å². The number of benzene rings is 2. The molecule has 0 aromatic heterocycles. The lowest BCUT2D eigenvalue weighted by molar-refractivity contribution is -0.145. The molecule has 4 nitrogen and oxygen atoms in total. The molecule has 0 aliphatic carbocycles. The van der Waals surface area contributed by atoms with E-state index in [9.17, 15) is 14.0 Å². The van der Waals surface area contributed by atoms with E-state index < -0.39 is 17.8 Å². The molecule has 25 heavy (non-hydrogen) atoms. The first-order valence-corrected chi connectivity index (χ1v) is 8.24. The van der Waals surface area contributed by atoms with Gasteiger partial charge in [-0.2, -0.15) is 0 Å². The van der Waals surface area contributed by atoms with Crippen LogP contribution >= 0.6 is 0 Å². The van der Waals surface area contributed by atoms with Crippen molar-refractivity contribution in [2.45, 2.75) is 31.7 Å². The summed E-state index contributed by atoms with van der Waals surface area (Å²) in [6.07, 6.45) is 2.05. The molecule has 0 heterocycles. The highest BCUT2D eigenvalue weighted by molar-refractivity contribution is 5.85. The van der Waals surface area contributed by atoms with Crippen LogP contribution in [-0.4, -0.2) is 25.0 Å². The Morgan fingerprint density at radius 2 is 1.80 bits per heavy atom. The van der Waals surface area contributed by atoms with Gasteiger partial charge in [-0.25, -0.2) is 9.18 Å². The van der Waals surface area contributed by atoms with Crippen molar-refractivity contribution in [1.82, 2.24) is 5.32 Å². The molecule has 0 spiro atoms. The van der Waals surface area contributed by atoms with E-state index in [1.807, 2.05) is 30.3 Å². The average molecular weight is 343 g/mol. The lowest BCUT2D eigenvalue weighted by Crippen LogP contribution is -2.42. The molecule has 1 N–H and O–H groups in total. The monoisotopic (exact) mass is 343 g/mol. The Hall–Kier alpha value is -2.69. The number of esters is 1. The van der Waals surface area contributed by atoms with Crippen molar-refractivity contribution < 1.29 is 18.7 Å². The average Bonchev–Trinajstić information content (AvgIpc) is 2.61. The first kappa shape index (κ1) is 18.6. The van der Waals surface area contributed by atoms with E-state index in [2.05, 4.69) is 5.32 Å². The second-order valence-corrected chi connectivity index (χ2v) is 5.83. The van der Waals surface area contributed by atoms with Gasteiger partial charge in [0.15, 0.2) is 0 Å². The molecule has 0 saturated heterocycles. The molecule has 0 unspecified atom stereocenters. The van der Waals surface area contributed by atoms with Crippen molar-refractivity contribution in [2.75, 3.05) is 7.11 Å². The molecule has 0 aliphatic heterocycles. The number of ether oxygens (including phenoxy) is 1. The van der Waals surface area contributed by atoms with Gasteiger partial charge in [-0.3, -0.25) is 4.79 Å². The summed E-state index contributed by atoms with van der Waals surface area (Å²) >= 11 is 0. The maximum absolute atomic E-state index is 13.2. The third-order valence-electron chi connectivity index (χ3n) is 3.88. The normalized spacial score (nSPS) is 11.6. The van der Waals surface area contributed by atoms with Crippen LogP contribution in [-0.2, 0) is 27.2 Å². The Kier molecular flexibility index (Phi) is 7.14. The van der Waals surface area contributed by atoms with Crippen LogP contribution in [0.4, 0.5) is 4.39 Å². The van der Waals surface area contributed by atoms with Gasteiger partial charge in [-0.1, -0.05) is 42.5 Å². The quantitative estimate of drug-likeness (QED) is 0.750. The minimum Gasteiger partial charge on any atom is -0.467 e. The Morgan fingerprint density at radius 1 is 1.08 bits per heavy atom. The van der Waals surface area contributed by atoms with Gasteiger partial charge in [-0.05, 0) is 42.5 Å². The number of nitrogens with one attached hydrogen (secondary N) is 1. The Balaban J connectivity index is 1.88. The number of methoxy groups -OCH3 is 1. The van der Waals surface area contributed by atoms with Crippen molar-refractivity contribution >= 4 is 11.9 Å². The fourth-order valence-electron chi connectivity index (χ4n) is 2.62. The standard InChI is InChI=1S/C20H22FNO3/c1-25-20(24)18(12-6-9-15-7-3-2-4-8-15)22-19(23)14-16-10-5-11-17(21)13-16/h2-5,7-8,10-11,13,18H,6,9,12,14H2,1H3,(H,22,23)/t18-/m0/s1. The maximum Gasteiger partial charge on any atom is 0.328 e. The molecule has 0 aliphatic rings. The Morgan fingerprint density at radius 3 is 2.48 bits per heavy atom. The van der Waals surface area contributed by atoms with Crippen LogP contribution < -0.4 is 5.32 Å².